The highest BCUT2D eigenvalue weighted by molar-refractivity contribution is 6.04. The van der Waals surface area contributed by atoms with Crippen LogP contribution in [0.2, 0.25) is 0 Å². The molecule has 2 heterocycles. The van der Waals surface area contributed by atoms with Crippen molar-refractivity contribution in [2.75, 3.05) is 31.6 Å². The average molecular weight is 844 g/mol. The van der Waals surface area contributed by atoms with Crippen molar-refractivity contribution in [3.63, 3.8) is 0 Å². The maximum atomic E-state index is 16.7. The number of methoxy groups -OCH3 is 1. The molecule has 13 heteroatoms. The Balaban J connectivity index is 1.19. The first-order valence-corrected chi connectivity index (χ1v) is 22.3. The summed E-state index contributed by atoms with van der Waals surface area (Å²) >= 11 is 0. The van der Waals surface area contributed by atoms with Gasteiger partial charge in [-0.3, -0.25) is 19.2 Å². The van der Waals surface area contributed by atoms with E-state index >= 15 is 9.18 Å². The van der Waals surface area contributed by atoms with Crippen molar-refractivity contribution in [3.8, 4) is 5.75 Å². The molecule has 330 valence electrons. The molecule has 1 unspecified atom stereocenters. The molecule has 1 aromatic heterocycles. The number of anilines is 1. The molecule has 2 N–H and O–H groups in total. The number of esters is 2. The summed E-state index contributed by atoms with van der Waals surface area (Å²) in [6.45, 7) is 15.7. The molecular formula is C48H62FN3O9. The number of carbonyl (C=O) groups is 4. The first-order valence-electron chi connectivity index (χ1n) is 22.3. The Kier molecular flexibility index (Phi) is 10.8. The Hall–Kier alpha value is -4.36. The molecule has 0 radical (unpaired) electrons. The Labute approximate surface area is 357 Å². The molecule has 12 nitrogen and oxygen atoms in total. The van der Waals surface area contributed by atoms with Gasteiger partial charge < -0.3 is 34.1 Å². The maximum Gasteiger partial charge on any atom is 0.344 e. The van der Waals surface area contributed by atoms with Gasteiger partial charge in [0.25, 0.3) is 0 Å². The van der Waals surface area contributed by atoms with Gasteiger partial charge in [0.2, 0.25) is 11.2 Å². The van der Waals surface area contributed by atoms with Crippen molar-refractivity contribution < 1.29 is 42.9 Å². The highest BCUT2D eigenvalue weighted by Crippen LogP contribution is 2.68. The van der Waals surface area contributed by atoms with Crippen LogP contribution in [0.1, 0.15) is 127 Å². The zero-order chi connectivity index (χ0) is 44.1. The Bertz CT molecular complexity index is 2350. The second-order valence-electron chi connectivity index (χ2n) is 19.8. The van der Waals surface area contributed by atoms with Crippen LogP contribution in [0.15, 0.2) is 28.6 Å². The predicted octanol–water partition coefficient (Wildman–Crippen LogP) is 6.76. The van der Waals surface area contributed by atoms with Gasteiger partial charge in [0, 0.05) is 66.1 Å². The number of carbonyl (C=O) groups excluding carboxylic acids is 4. The zero-order valence-electron chi connectivity index (χ0n) is 37.2. The van der Waals surface area contributed by atoms with E-state index in [-0.39, 0.29) is 82.8 Å². The van der Waals surface area contributed by atoms with E-state index in [1.807, 2.05) is 36.3 Å². The number of nitrogens with one attached hydrogen (secondary N) is 1. The maximum absolute atomic E-state index is 16.7. The molecule has 4 saturated carbocycles. The van der Waals surface area contributed by atoms with Gasteiger partial charge in [-0.25, -0.2) is 9.18 Å². The first-order chi connectivity index (χ1) is 28.8. The van der Waals surface area contributed by atoms with Crippen molar-refractivity contribution in [2.24, 2.45) is 28.6 Å². The lowest BCUT2D eigenvalue weighted by molar-refractivity contribution is -0.206. The van der Waals surface area contributed by atoms with E-state index in [1.165, 1.54) is 21.0 Å². The smallest absolute Gasteiger partial charge is 0.344 e. The number of pyridine rings is 1. The monoisotopic (exact) mass is 843 g/mol. The van der Waals surface area contributed by atoms with E-state index in [1.54, 1.807) is 26.0 Å². The number of aryl methyl sites for hydroxylation is 1. The number of aliphatic hydroxyl groups excluding tert-OH is 1. The van der Waals surface area contributed by atoms with E-state index in [4.69, 9.17) is 14.2 Å². The lowest BCUT2D eigenvalue weighted by Gasteiger charge is -2.60. The second-order valence-corrected chi connectivity index (χ2v) is 19.8. The number of aromatic nitrogens is 1. The first kappa shape index (κ1) is 43.3. The molecule has 0 spiro atoms. The minimum atomic E-state index is -1.91. The predicted molar refractivity (Wildman–Crippen MR) is 228 cm³/mol. The minimum absolute atomic E-state index is 0.0214. The number of rotatable bonds is 10. The molecule has 0 bridgehead atoms. The number of hydrogen-bond donors (Lipinski definition) is 2. The number of ketones is 2. The fraction of sp³-hybridized carbons (Fsp3) is 0.646. The van der Waals surface area contributed by atoms with Gasteiger partial charge in [0.15, 0.2) is 28.6 Å². The number of allylic oxidation sites excluding steroid dienone is 4. The minimum Gasteiger partial charge on any atom is -0.492 e. The van der Waals surface area contributed by atoms with Gasteiger partial charge in [-0.05, 0) is 110 Å². The van der Waals surface area contributed by atoms with E-state index in [0.29, 0.717) is 56.5 Å². The molecule has 1 aromatic carbocycles. The third kappa shape index (κ3) is 6.52. The summed E-state index contributed by atoms with van der Waals surface area (Å²) in [4.78, 5) is 72.8. The number of aliphatic hydroxyl groups is 1. The van der Waals surface area contributed by atoms with Crippen LogP contribution in [-0.4, -0.2) is 83.3 Å². The van der Waals surface area contributed by atoms with E-state index in [9.17, 15) is 24.3 Å². The van der Waals surface area contributed by atoms with E-state index in [2.05, 4.69) is 12.2 Å². The third-order valence-electron chi connectivity index (χ3n) is 15.6. The van der Waals surface area contributed by atoms with Crippen LogP contribution in [0, 0.1) is 48.2 Å². The van der Waals surface area contributed by atoms with Crippen molar-refractivity contribution >= 4 is 40.1 Å². The van der Waals surface area contributed by atoms with Gasteiger partial charge >= 0.3 is 11.9 Å². The van der Waals surface area contributed by atoms with Crippen LogP contribution < -0.4 is 20.4 Å². The van der Waals surface area contributed by atoms with Crippen molar-refractivity contribution in [1.29, 1.82) is 0 Å². The number of nitrogens with zero attached hydrogens (tertiary/aromatic N) is 2. The number of ether oxygens (including phenoxy) is 3. The number of halogens is 1. The van der Waals surface area contributed by atoms with Crippen LogP contribution in [0.25, 0.3) is 10.9 Å². The standard InChI is InChI=1S/C48H62FN3O9/c1-10-11-34(55)60-48(19-17-32-31-15-12-28-22-30(53)16-18-46(28,7)37(31)33(54)23-47(32,48)8)44(58)45(5,6)61-43(57)36-27(4)52(29-13-14-29)39-35(41(36)56)26(3)38(49)40(42(39)59-9)51-21-20-50-25(2)24-51/h16,18,22,25,29,31-33,37,50,54H,10-15,17,19-21,23-24H2,1-9H3/t25?,31-,32-,33-,37+,46-,47-,48-/m0/s1. The average Bonchev–Trinajstić information content (AvgIpc) is 3.98. The molecule has 2 aromatic rings. The summed E-state index contributed by atoms with van der Waals surface area (Å²) in [5.41, 5.74) is -4.13. The number of hydrogen-bond acceptors (Lipinski definition) is 11. The molecule has 1 saturated heterocycles. The van der Waals surface area contributed by atoms with Crippen LogP contribution in [0.4, 0.5) is 10.1 Å². The van der Waals surface area contributed by atoms with Crippen LogP contribution in [0.5, 0.6) is 5.75 Å². The molecule has 1 aliphatic heterocycles. The lowest BCUT2D eigenvalue weighted by Crippen LogP contribution is -2.65. The molecule has 6 aliphatic rings. The van der Waals surface area contributed by atoms with Gasteiger partial charge in [-0.1, -0.05) is 32.4 Å². The molecule has 0 amide bonds. The van der Waals surface area contributed by atoms with Crippen molar-refractivity contribution in [3.05, 3.63) is 56.7 Å². The summed E-state index contributed by atoms with van der Waals surface area (Å²) in [6.07, 6.45) is 8.64. The van der Waals surface area contributed by atoms with Gasteiger partial charge in [-0.2, -0.15) is 0 Å². The largest absolute Gasteiger partial charge is 0.492 e. The van der Waals surface area contributed by atoms with Gasteiger partial charge in [-0.15, -0.1) is 0 Å². The van der Waals surface area contributed by atoms with Gasteiger partial charge in [0.1, 0.15) is 11.3 Å². The summed E-state index contributed by atoms with van der Waals surface area (Å²) in [5.74, 6) is -3.02. The van der Waals surface area contributed by atoms with E-state index in [0.717, 1.165) is 18.4 Å². The fourth-order valence-electron chi connectivity index (χ4n) is 12.7. The quantitative estimate of drug-likeness (QED) is 0.244. The highest BCUT2D eigenvalue weighted by Gasteiger charge is 2.72. The Morgan fingerprint density at radius 3 is 2.48 bits per heavy atom. The normalized spacial score (nSPS) is 32.2. The SMILES string of the molecule is CCCC(=O)O[C@]1(C(=O)C(C)(C)OC(=O)c2c(C)n(C3CC3)c3c(OC)c(N4CCNC(C)C4)c(F)c(C)c3c2=O)CC[C@H]2[C@@H]3CCC4=CC(=O)C=C[C@]4(C)[C@H]3[C@@H](O)C[C@@]21C. The Morgan fingerprint density at radius 2 is 1.82 bits per heavy atom. The molecule has 8 rings (SSSR count). The fourth-order valence-corrected chi connectivity index (χ4v) is 12.7. The molecule has 5 fully saturated rings. The molecule has 5 aliphatic carbocycles. The zero-order valence-corrected chi connectivity index (χ0v) is 37.2. The Morgan fingerprint density at radius 1 is 1.10 bits per heavy atom. The van der Waals surface area contributed by atoms with Crippen LogP contribution in [0.3, 0.4) is 0 Å². The number of benzene rings is 1. The number of fused-ring (bicyclic) bond motifs is 6. The van der Waals surface area contributed by atoms with Crippen LogP contribution in [-0.2, 0) is 23.9 Å². The highest BCUT2D eigenvalue weighted by atomic mass is 19.1. The molecule has 8 atom stereocenters. The summed E-state index contributed by atoms with van der Waals surface area (Å²) in [5, 5.41) is 15.6. The van der Waals surface area contributed by atoms with Gasteiger partial charge in [0.05, 0.1) is 24.1 Å². The number of Topliss-reactive ketones (excluding diaryl/α,β-unsaturated/α-hetero) is 1. The molecular weight excluding hydrogens is 782 g/mol. The third-order valence-corrected chi connectivity index (χ3v) is 15.6. The molecule has 61 heavy (non-hydrogen) atoms. The topological polar surface area (TPSA) is 153 Å². The van der Waals surface area contributed by atoms with Crippen LogP contribution >= 0.6 is 0 Å². The van der Waals surface area contributed by atoms with Crippen molar-refractivity contribution in [2.45, 2.75) is 143 Å². The summed E-state index contributed by atoms with van der Waals surface area (Å²) in [7, 11) is 1.47. The number of piperazine rings is 1. The van der Waals surface area contributed by atoms with Crippen molar-refractivity contribution in [1.82, 2.24) is 9.88 Å². The summed E-state index contributed by atoms with van der Waals surface area (Å²) in [6, 6.07) is 0.0224. The van der Waals surface area contributed by atoms with E-state index < -0.39 is 57.1 Å². The lowest BCUT2D eigenvalue weighted by atomic mass is 9.46. The summed E-state index contributed by atoms with van der Waals surface area (Å²) < 4.78 is 37.2. The second kappa shape index (κ2) is 15.2.